The van der Waals surface area contributed by atoms with Gasteiger partial charge in [-0.1, -0.05) is 23.4 Å². The molecule has 0 aromatic heterocycles. The van der Waals surface area contributed by atoms with Crippen molar-refractivity contribution in [2.24, 2.45) is 17.6 Å². The summed E-state index contributed by atoms with van der Waals surface area (Å²) in [6.45, 7) is 0.254. The number of amides is 2. The molecule has 1 aliphatic carbocycles. The van der Waals surface area contributed by atoms with E-state index < -0.39 is 0 Å². The minimum absolute atomic E-state index is 0.0532. The van der Waals surface area contributed by atoms with Gasteiger partial charge in [-0.2, -0.15) is 0 Å². The van der Waals surface area contributed by atoms with Crippen LogP contribution in [0, 0.1) is 23.7 Å². The Morgan fingerprint density at radius 2 is 1.90 bits per heavy atom. The van der Waals surface area contributed by atoms with Gasteiger partial charge in [0.05, 0.1) is 17.3 Å². The summed E-state index contributed by atoms with van der Waals surface area (Å²) in [5.74, 6) is 5.26. The Kier molecular flexibility index (Phi) is 3.71. The maximum Gasteiger partial charge on any atom is 0.236 e. The van der Waals surface area contributed by atoms with Gasteiger partial charge in [0.25, 0.3) is 0 Å². The lowest BCUT2D eigenvalue weighted by Crippen LogP contribution is -2.46. The van der Waals surface area contributed by atoms with Gasteiger partial charge in [-0.05, 0) is 37.5 Å². The fraction of sp³-hybridized carbons (Fsp3) is 0.375. The number of hydrogen-bond donors (Lipinski definition) is 1. The highest BCUT2D eigenvalue weighted by atomic mass is 35.5. The quantitative estimate of drug-likeness (QED) is 0.637. The topological polar surface area (TPSA) is 63.4 Å². The Bertz CT molecular complexity index is 653. The van der Waals surface area contributed by atoms with E-state index in [0.29, 0.717) is 22.7 Å². The van der Waals surface area contributed by atoms with E-state index in [2.05, 4.69) is 11.8 Å². The Labute approximate surface area is 128 Å². The van der Waals surface area contributed by atoms with E-state index in [1.165, 1.54) is 4.90 Å². The van der Waals surface area contributed by atoms with E-state index >= 15 is 0 Å². The van der Waals surface area contributed by atoms with Crippen LogP contribution in [0.5, 0.6) is 0 Å². The van der Waals surface area contributed by atoms with Gasteiger partial charge in [0.15, 0.2) is 0 Å². The zero-order valence-electron chi connectivity index (χ0n) is 11.4. The maximum absolute atomic E-state index is 12.5. The molecule has 2 amide bonds. The molecule has 1 saturated carbocycles. The normalized spacial score (nSPS) is 24.0. The van der Waals surface area contributed by atoms with E-state index in [4.69, 9.17) is 17.3 Å². The van der Waals surface area contributed by atoms with E-state index in [9.17, 15) is 9.59 Å². The number of nitrogens with zero attached hydrogens (tertiary/aromatic N) is 1. The molecule has 1 aromatic carbocycles. The van der Waals surface area contributed by atoms with Crippen LogP contribution in [0.4, 0.5) is 5.69 Å². The molecule has 1 saturated heterocycles. The van der Waals surface area contributed by atoms with Crippen LogP contribution < -0.4 is 10.6 Å². The molecule has 1 aliphatic heterocycles. The van der Waals surface area contributed by atoms with Crippen LogP contribution in [0.25, 0.3) is 0 Å². The number of halogens is 1. The molecule has 3 rings (SSSR count). The first-order valence-electron chi connectivity index (χ1n) is 6.98. The minimum atomic E-state index is -0.139. The molecule has 0 radical (unpaired) electrons. The van der Waals surface area contributed by atoms with Crippen molar-refractivity contribution in [3.05, 3.63) is 28.8 Å². The number of imide groups is 1. The second kappa shape index (κ2) is 5.51. The van der Waals surface area contributed by atoms with Crippen molar-refractivity contribution in [2.45, 2.75) is 19.3 Å². The van der Waals surface area contributed by atoms with Crippen molar-refractivity contribution in [1.82, 2.24) is 0 Å². The summed E-state index contributed by atoms with van der Waals surface area (Å²) < 4.78 is 0. The summed E-state index contributed by atoms with van der Waals surface area (Å²) in [6.07, 6.45) is 2.25. The predicted octanol–water partition coefficient (Wildman–Crippen LogP) is 1.94. The number of fused-ring (bicyclic) bond motifs is 2. The van der Waals surface area contributed by atoms with Gasteiger partial charge in [-0.15, -0.1) is 0 Å². The molecule has 108 valence electrons. The van der Waals surface area contributed by atoms with E-state index in [1.54, 1.807) is 18.2 Å². The number of benzene rings is 1. The molecular formula is C16H15ClN2O2. The van der Waals surface area contributed by atoms with Gasteiger partial charge in [0.1, 0.15) is 0 Å². The summed E-state index contributed by atoms with van der Waals surface area (Å²) in [5, 5.41) is 0.385. The third-order valence-electron chi connectivity index (χ3n) is 4.09. The molecule has 5 heteroatoms. The summed E-state index contributed by atoms with van der Waals surface area (Å²) >= 11 is 6.19. The maximum atomic E-state index is 12.5. The van der Waals surface area contributed by atoms with Crippen molar-refractivity contribution in [3.8, 4) is 11.8 Å². The van der Waals surface area contributed by atoms with E-state index in [1.807, 2.05) is 0 Å². The highest BCUT2D eigenvalue weighted by Gasteiger charge is 2.46. The van der Waals surface area contributed by atoms with Gasteiger partial charge < -0.3 is 5.73 Å². The molecule has 2 bridgehead atoms. The number of nitrogens with two attached hydrogens (primary N) is 1. The van der Waals surface area contributed by atoms with Gasteiger partial charge in [-0.3, -0.25) is 9.59 Å². The minimum Gasteiger partial charge on any atom is -0.320 e. The first-order valence-corrected chi connectivity index (χ1v) is 7.36. The second-order valence-electron chi connectivity index (χ2n) is 5.39. The lowest BCUT2D eigenvalue weighted by Gasteiger charge is -2.30. The Balaban J connectivity index is 2.02. The van der Waals surface area contributed by atoms with Crippen LogP contribution in [0.1, 0.15) is 24.8 Å². The fourth-order valence-electron chi connectivity index (χ4n) is 3.06. The largest absolute Gasteiger partial charge is 0.320 e. The molecule has 2 fully saturated rings. The predicted molar refractivity (Wildman–Crippen MR) is 80.7 cm³/mol. The van der Waals surface area contributed by atoms with Crippen LogP contribution in [0.3, 0.4) is 0 Å². The second-order valence-corrected chi connectivity index (χ2v) is 5.80. The number of rotatable bonds is 1. The first-order chi connectivity index (χ1) is 10.1. The third kappa shape index (κ3) is 2.44. The molecule has 1 aromatic rings. The van der Waals surface area contributed by atoms with E-state index in [0.717, 1.165) is 12.8 Å². The molecule has 4 nitrogen and oxygen atoms in total. The van der Waals surface area contributed by atoms with Crippen LogP contribution in [0.15, 0.2) is 18.2 Å². The number of hydrogen-bond acceptors (Lipinski definition) is 3. The van der Waals surface area contributed by atoms with Crippen molar-refractivity contribution >= 4 is 29.1 Å². The standard InChI is InChI=1S/C16H15ClN2O2/c17-13-6-3-10(2-1-7-18)8-14(13)19-15(20)11-4-5-12(9-11)16(19)21/h3,6,8,11-12H,4-5,7,9,18H2. The van der Waals surface area contributed by atoms with Crippen molar-refractivity contribution in [2.75, 3.05) is 11.4 Å². The Morgan fingerprint density at radius 1 is 1.24 bits per heavy atom. The zero-order chi connectivity index (χ0) is 15.0. The van der Waals surface area contributed by atoms with Crippen LogP contribution in [0.2, 0.25) is 5.02 Å². The lowest BCUT2D eigenvalue weighted by molar-refractivity contribution is -0.132. The average Bonchev–Trinajstić information content (AvgIpc) is 2.93. The molecule has 2 atom stereocenters. The third-order valence-corrected chi connectivity index (χ3v) is 4.41. The zero-order valence-corrected chi connectivity index (χ0v) is 12.2. The van der Waals surface area contributed by atoms with Crippen LogP contribution in [-0.2, 0) is 9.59 Å². The molecule has 2 unspecified atom stereocenters. The van der Waals surface area contributed by atoms with Crippen LogP contribution >= 0.6 is 11.6 Å². The summed E-state index contributed by atoms with van der Waals surface area (Å²) in [4.78, 5) is 26.2. The molecule has 2 aliphatic rings. The van der Waals surface area contributed by atoms with E-state index in [-0.39, 0.29) is 30.2 Å². The first kappa shape index (κ1) is 14.1. The van der Waals surface area contributed by atoms with Gasteiger partial charge in [-0.25, -0.2) is 4.90 Å². The number of carbonyl (C=O) groups is 2. The lowest BCUT2D eigenvalue weighted by atomic mass is 9.96. The Morgan fingerprint density at radius 3 is 2.52 bits per heavy atom. The highest BCUT2D eigenvalue weighted by molar-refractivity contribution is 6.35. The number of anilines is 1. The summed E-state index contributed by atoms with van der Waals surface area (Å²) in [5.41, 5.74) is 6.49. The van der Waals surface area contributed by atoms with Crippen molar-refractivity contribution in [3.63, 3.8) is 0 Å². The summed E-state index contributed by atoms with van der Waals surface area (Å²) in [6, 6.07) is 5.10. The van der Waals surface area contributed by atoms with Crippen molar-refractivity contribution in [1.29, 1.82) is 0 Å². The molecule has 0 spiro atoms. The van der Waals surface area contributed by atoms with Gasteiger partial charge in [0, 0.05) is 17.4 Å². The summed E-state index contributed by atoms with van der Waals surface area (Å²) in [7, 11) is 0. The van der Waals surface area contributed by atoms with Crippen LogP contribution in [-0.4, -0.2) is 18.4 Å². The average molecular weight is 303 g/mol. The molecule has 1 heterocycles. The molecule has 21 heavy (non-hydrogen) atoms. The molecule has 2 N–H and O–H groups in total. The number of carbonyl (C=O) groups excluding carboxylic acids is 2. The number of piperidine rings is 1. The fourth-order valence-corrected chi connectivity index (χ4v) is 3.26. The molecular weight excluding hydrogens is 288 g/mol. The van der Waals surface area contributed by atoms with Gasteiger partial charge >= 0.3 is 0 Å². The highest BCUT2D eigenvalue weighted by Crippen LogP contribution is 2.41. The smallest absolute Gasteiger partial charge is 0.236 e. The SMILES string of the molecule is NCC#Cc1ccc(Cl)c(N2C(=O)C3CCC(C3)C2=O)c1. The monoisotopic (exact) mass is 302 g/mol. The van der Waals surface area contributed by atoms with Crippen molar-refractivity contribution < 1.29 is 9.59 Å². The van der Waals surface area contributed by atoms with Gasteiger partial charge in [0.2, 0.25) is 11.8 Å². The Hall–Kier alpha value is -1.83.